The van der Waals surface area contributed by atoms with Crippen LogP contribution in [0.2, 0.25) is 0 Å². The van der Waals surface area contributed by atoms with E-state index in [1.165, 1.54) is 12.1 Å². The number of nitro groups is 1. The zero-order chi connectivity index (χ0) is 16.2. The van der Waals surface area contributed by atoms with Crippen molar-refractivity contribution >= 4 is 33.7 Å². The Morgan fingerprint density at radius 1 is 1.00 bits per heavy atom. The van der Waals surface area contributed by atoms with Crippen molar-refractivity contribution in [3.05, 3.63) is 51.3 Å². The fourth-order valence-corrected chi connectivity index (χ4v) is 2.40. The largest absolute Gasteiger partial charge is 0.507 e. The molecule has 0 saturated carbocycles. The van der Waals surface area contributed by atoms with Gasteiger partial charge in [0.2, 0.25) is 11.5 Å². The molecule has 0 amide bonds. The summed E-state index contributed by atoms with van der Waals surface area (Å²) in [5.41, 5.74) is -1.01. The van der Waals surface area contributed by atoms with Crippen molar-refractivity contribution in [2.75, 3.05) is 0 Å². The summed E-state index contributed by atoms with van der Waals surface area (Å²) in [6, 6.07) is 4.60. The van der Waals surface area contributed by atoms with Crippen LogP contribution in [0.15, 0.2) is 30.0 Å². The van der Waals surface area contributed by atoms with Crippen molar-refractivity contribution in [1.82, 2.24) is 0 Å². The van der Waals surface area contributed by atoms with Crippen LogP contribution >= 0.6 is 0 Å². The summed E-state index contributed by atoms with van der Waals surface area (Å²) in [5.74, 6) is -3.04. The monoisotopic (exact) mass is 300 g/mol. The van der Waals surface area contributed by atoms with Gasteiger partial charge in [-0.25, -0.2) is 0 Å². The number of hydrogen-bond acceptors (Lipinski definition) is 7. The molecule has 0 spiro atoms. The molecule has 0 unspecified atom stereocenters. The second-order valence-corrected chi connectivity index (χ2v) is 4.71. The van der Waals surface area contributed by atoms with Gasteiger partial charge in [-0.1, -0.05) is 0 Å². The number of rotatable bonds is 1. The van der Waals surface area contributed by atoms with Gasteiger partial charge in [-0.3, -0.25) is 20.3 Å². The number of aromatic hydroxyl groups is 1. The van der Waals surface area contributed by atoms with Crippen LogP contribution < -0.4 is 0 Å². The number of nitrogens with one attached hydrogen (secondary N) is 1. The molecule has 0 aromatic heterocycles. The topological polar surface area (TPSA) is 145 Å². The van der Waals surface area contributed by atoms with Crippen molar-refractivity contribution in [1.29, 1.82) is 5.41 Å². The van der Waals surface area contributed by atoms with E-state index in [4.69, 9.17) is 5.41 Å². The number of benzene rings is 2. The first-order valence-electron chi connectivity index (χ1n) is 6.03. The van der Waals surface area contributed by atoms with E-state index in [2.05, 4.69) is 0 Å². The highest BCUT2D eigenvalue weighted by molar-refractivity contribution is 6.52. The van der Waals surface area contributed by atoms with Gasteiger partial charge in [0, 0.05) is 22.6 Å². The number of nitrogens with zero attached hydrogens (tertiary/aromatic N) is 1. The maximum atomic E-state index is 11.6. The summed E-state index contributed by atoms with van der Waals surface area (Å²) < 4.78 is 0. The Bertz CT molecular complexity index is 929. The Balaban J connectivity index is 2.48. The van der Waals surface area contributed by atoms with Crippen LogP contribution in [0, 0.1) is 15.5 Å². The number of aliphatic hydroxyl groups is 2. The van der Waals surface area contributed by atoms with E-state index in [0.29, 0.717) is 0 Å². The molecule has 2 aromatic rings. The zero-order valence-electron chi connectivity index (χ0n) is 10.8. The van der Waals surface area contributed by atoms with E-state index in [9.17, 15) is 30.2 Å². The lowest BCUT2D eigenvalue weighted by molar-refractivity contribution is -0.383. The molecule has 0 aliphatic heterocycles. The molecule has 0 saturated heterocycles. The molecule has 3 rings (SSSR count). The molecule has 4 N–H and O–H groups in total. The molecule has 110 valence electrons. The Morgan fingerprint density at radius 2 is 1.64 bits per heavy atom. The zero-order valence-corrected chi connectivity index (χ0v) is 10.8. The van der Waals surface area contributed by atoms with Gasteiger partial charge in [0.05, 0.1) is 10.3 Å². The first-order chi connectivity index (χ1) is 10.3. The summed E-state index contributed by atoms with van der Waals surface area (Å²) in [4.78, 5) is 22.0. The maximum Gasteiger partial charge on any atom is 0.277 e. The van der Waals surface area contributed by atoms with E-state index in [1.54, 1.807) is 0 Å². The molecule has 1 aliphatic carbocycles. The van der Waals surface area contributed by atoms with Gasteiger partial charge in [0.25, 0.3) is 5.69 Å². The minimum atomic E-state index is -1.08. The highest BCUT2D eigenvalue weighted by Crippen LogP contribution is 2.37. The quantitative estimate of drug-likeness (QED) is 0.469. The third-order valence-corrected chi connectivity index (χ3v) is 3.50. The van der Waals surface area contributed by atoms with Crippen molar-refractivity contribution in [3.8, 4) is 5.75 Å². The molecule has 2 aromatic carbocycles. The summed E-state index contributed by atoms with van der Waals surface area (Å²) >= 11 is 0. The lowest BCUT2D eigenvalue weighted by atomic mass is 9.89. The van der Waals surface area contributed by atoms with Gasteiger partial charge >= 0.3 is 0 Å². The number of phenols is 1. The fraction of sp³-hybridized carbons (Fsp3) is 0. The molecule has 0 atom stereocenters. The number of phenolic OH excluding ortho intramolecular Hbond substituents is 1. The van der Waals surface area contributed by atoms with Crippen molar-refractivity contribution in [2.24, 2.45) is 0 Å². The number of non-ortho nitro benzene ring substituents is 1. The smallest absolute Gasteiger partial charge is 0.277 e. The van der Waals surface area contributed by atoms with Crippen LogP contribution in [0.1, 0.15) is 11.1 Å². The third-order valence-electron chi connectivity index (χ3n) is 3.50. The Kier molecular flexibility index (Phi) is 2.64. The molecule has 8 nitrogen and oxygen atoms in total. The summed E-state index contributed by atoms with van der Waals surface area (Å²) in [7, 11) is 0. The van der Waals surface area contributed by atoms with Gasteiger partial charge in [-0.2, -0.15) is 0 Å². The number of ketones is 1. The molecule has 22 heavy (non-hydrogen) atoms. The highest BCUT2D eigenvalue weighted by Gasteiger charge is 2.31. The number of fused-ring (bicyclic) bond motifs is 2. The standard InChI is InChI=1S/C14H8N2O6/c15-11-7-3-5-6(10(17)2-1-9(5)16(21)22)4-8(7)12(18)14(20)13(11)19/h1-4,15,17-18,20H. The molecular weight excluding hydrogens is 292 g/mol. The lowest BCUT2D eigenvalue weighted by Crippen LogP contribution is -2.24. The molecule has 0 fully saturated rings. The molecule has 0 radical (unpaired) electrons. The second kappa shape index (κ2) is 4.29. The number of aliphatic hydroxyl groups excluding tert-OH is 2. The summed E-state index contributed by atoms with van der Waals surface area (Å²) in [5, 5.41) is 48.1. The van der Waals surface area contributed by atoms with Crippen molar-refractivity contribution < 1.29 is 25.0 Å². The average Bonchev–Trinajstić information content (AvgIpc) is 2.49. The number of carbonyl (C=O) groups excluding carboxylic acids is 1. The number of carbonyl (C=O) groups is 1. The minimum absolute atomic E-state index is 0.0236. The van der Waals surface area contributed by atoms with E-state index < -0.39 is 27.9 Å². The summed E-state index contributed by atoms with van der Waals surface area (Å²) in [6.45, 7) is 0. The van der Waals surface area contributed by atoms with Crippen LogP contribution in [0.3, 0.4) is 0 Å². The predicted octanol–water partition coefficient (Wildman–Crippen LogP) is 2.19. The van der Waals surface area contributed by atoms with E-state index >= 15 is 0 Å². The van der Waals surface area contributed by atoms with Crippen molar-refractivity contribution in [3.63, 3.8) is 0 Å². The molecular formula is C14H8N2O6. The number of Topliss-reactive ketones (excluding diaryl/α,β-unsaturated/α-hetero) is 1. The number of allylic oxidation sites excluding steroid dienone is 1. The minimum Gasteiger partial charge on any atom is -0.507 e. The Hall–Kier alpha value is -3.42. The molecule has 1 aliphatic rings. The van der Waals surface area contributed by atoms with E-state index in [1.807, 2.05) is 0 Å². The van der Waals surface area contributed by atoms with Crippen LogP contribution in [-0.4, -0.2) is 31.7 Å². The van der Waals surface area contributed by atoms with Gasteiger partial charge in [-0.05, 0) is 18.2 Å². The Morgan fingerprint density at radius 3 is 2.27 bits per heavy atom. The lowest BCUT2D eigenvalue weighted by Gasteiger charge is -2.17. The first-order valence-corrected chi connectivity index (χ1v) is 6.03. The van der Waals surface area contributed by atoms with Crippen molar-refractivity contribution in [2.45, 2.75) is 0 Å². The van der Waals surface area contributed by atoms with Gasteiger partial charge in [0.15, 0.2) is 5.76 Å². The normalized spacial score (nSPS) is 14.4. The predicted molar refractivity (Wildman–Crippen MR) is 76.3 cm³/mol. The number of nitro benzene ring substituents is 1. The van der Waals surface area contributed by atoms with Gasteiger partial charge in [-0.15, -0.1) is 0 Å². The van der Waals surface area contributed by atoms with E-state index in [0.717, 1.165) is 12.1 Å². The van der Waals surface area contributed by atoms with Crippen LogP contribution in [0.4, 0.5) is 5.69 Å². The van der Waals surface area contributed by atoms with Crippen LogP contribution in [0.25, 0.3) is 16.5 Å². The average molecular weight is 300 g/mol. The van der Waals surface area contributed by atoms with Gasteiger partial charge < -0.3 is 15.3 Å². The third kappa shape index (κ3) is 1.64. The number of hydrogen-bond donors (Lipinski definition) is 4. The molecule has 0 heterocycles. The maximum absolute atomic E-state index is 11.6. The second-order valence-electron chi connectivity index (χ2n) is 4.71. The van der Waals surface area contributed by atoms with E-state index in [-0.39, 0.29) is 33.3 Å². The molecule has 8 heteroatoms. The van der Waals surface area contributed by atoms with Crippen LogP contribution in [0.5, 0.6) is 5.75 Å². The molecule has 0 bridgehead atoms. The highest BCUT2D eigenvalue weighted by atomic mass is 16.6. The van der Waals surface area contributed by atoms with Gasteiger partial charge in [0.1, 0.15) is 11.5 Å². The first kappa shape index (κ1) is 13.6. The Labute approximate surface area is 122 Å². The fourth-order valence-electron chi connectivity index (χ4n) is 2.40. The summed E-state index contributed by atoms with van der Waals surface area (Å²) in [6.07, 6.45) is 0. The van der Waals surface area contributed by atoms with Crippen LogP contribution in [-0.2, 0) is 4.79 Å². The SMILES string of the molecule is N=C1C(=O)C(O)=C(O)c2cc3c(O)ccc([N+](=O)[O-])c3cc21.